The predicted octanol–water partition coefficient (Wildman–Crippen LogP) is 9.50. The molecule has 0 fully saturated rings. The van der Waals surface area contributed by atoms with Crippen molar-refractivity contribution < 1.29 is 10.2 Å². The molecule has 0 aliphatic heterocycles. The molecule has 2 nitrogen and oxygen atoms in total. The second kappa shape index (κ2) is 26.2. The van der Waals surface area contributed by atoms with Gasteiger partial charge in [0, 0.05) is 0 Å². The number of hydrogen-bond donors (Lipinski definition) is 2. The zero-order chi connectivity index (χ0) is 22.8. The summed E-state index contributed by atoms with van der Waals surface area (Å²) in [6, 6.07) is 0. The summed E-state index contributed by atoms with van der Waals surface area (Å²) in [4.78, 5) is 0. The standard InChI is InChI=1S/C29H60O2/c1-3-5-6-7-8-9-10-11-12-13-14-15-16-17-18-19-23-26-29(31)27-24-21-20-22-25-28(30)4-2/h28-31H,3-27H2,1-2H3. The zero-order valence-corrected chi connectivity index (χ0v) is 21.7. The number of rotatable bonds is 26. The van der Waals surface area contributed by atoms with Crippen molar-refractivity contribution in [1.29, 1.82) is 0 Å². The van der Waals surface area contributed by atoms with Crippen LogP contribution in [-0.4, -0.2) is 22.4 Å². The van der Waals surface area contributed by atoms with Crippen LogP contribution < -0.4 is 0 Å². The van der Waals surface area contributed by atoms with E-state index in [1.54, 1.807) is 0 Å². The van der Waals surface area contributed by atoms with E-state index in [4.69, 9.17) is 0 Å². The maximum Gasteiger partial charge on any atom is 0.0540 e. The Morgan fingerprint density at radius 1 is 0.355 bits per heavy atom. The topological polar surface area (TPSA) is 40.5 Å². The molecule has 2 N–H and O–H groups in total. The lowest BCUT2D eigenvalue weighted by Gasteiger charge is -2.11. The third-order valence-corrected chi connectivity index (χ3v) is 6.94. The minimum absolute atomic E-state index is 0.0856. The van der Waals surface area contributed by atoms with Crippen molar-refractivity contribution in [2.45, 2.75) is 187 Å². The van der Waals surface area contributed by atoms with Gasteiger partial charge in [-0.2, -0.15) is 0 Å². The molecular weight excluding hydrogens is 380 g/mol. The SMILES string of the molecule is CCCCCCCCCCCCCCCCCCCC(O)CCCCCCC(O)CC. The van der Waals surface area contributed by atoms with Crippen LogP contribution in [0.2, 0.25) is 0 Å². The van der Waals surface area contributed by atoms with Gasteiger partial charge in [0.05, 0.1) is 12.2 Å². The van der Waals surface area contributed by atoms with Gasteiger partial charge in [0.15, 0.2) is 0 Å². The van der Waals surface area contributed by atoms with E-state index in [2.05, 4.69) is 6.92 Å². The highest BCUT2D eigenvalue weighted by molar-refractivity contribution is 4.59. The lowest BCUT2D eigenvalue weighted by molar-refractivity contribution is 0.144. The molecule has 2 atom stereocenters. The molecule has 0 aliphatic rings. The minimum Gasteiger partial charge on any atom is -0.393 e. The summed E-state index contributed by atoms with van der Waals surface area (Å²) in [5.74, 6) is 0. The van der Waals surface area contributed by atoms with E-state index >= 15 is 0 Å². The Morgan fingerprint density at radius 3 is 0.903 bits per heavy atom. The molecule has 0 saturated carbocycles. The molecule has 188 valence electrons. The van der Waals surface area contributed by atoms with Crippen LogP contribution in [0.5, 0.6) is 0 Å². The summed E-state index contributed by atoms with van der Waals surface area (Å²) in [5, 5.41) is 19.7. The quantitative estimate of drug-likeness (QED) is 0.131. The maximum absolute atomic E-state index is 10.1. The van der Waals surface area contributed by atoms with Crippen molar-refractivity contribution in [2.75, 3.05) is 0 Å². The monoisotopic (exact) mass is 440 g/mol. The van der Waals surface area contributed by atoms with E-state index in [0.29, 0.717) is 0 Å². The highest BCUT2D eigenvalue weighted by atomic mass is 16.3. The molecule has 0 aliphatic carbocycles. The molecule has 0 amide bonds. The van der Waals surface area contributed by atoms with Gasteiger partial charge in [-0.05, 0) is 25.7 Å². The fourth-order valence-electron chi connectivity index (χ4n) is 4.57. The van der Waals surface area contributed by atoms with Crippen LogP contribution in [0.15, 0.2) is 0 Å². The summed E-state index contributed by atoms with van der Waals surface area (Å²) in [7, 11) is 0. The summed E-state index contributed by atoms with van der Waals surface area (Å²) < 4.78 is 0. The average molecular weight is 441 g/mol. The third-order valence-electron chi connectivity index (χ3n) is 6.94. The fraction of sp³-hybridized carbons (Fsp3) is 1.00. The average Bonchev–Trinajstić information content (AvgIpc) is 2.78. The van der Waals surface area contributed by atoms with Crippen molar-refractivity contribution in [1.82, 2.24) is 0 Å². The molecular formula is C29H60O2. The molecule has 0 saturated heterocycles. The van der Waals surface area contributed by atoms with E-state index in [1.165, 1.54) is 122 Å². The summed E-state index contributed by atoms with van der Waals surface area (Å²) in [6.07, 6.45) is 32.2. The van der Waals surface area contributed by atoms with Gasteiger partial charge in [-0.1, -0.05) is 149 Å². The first-order chi connectivity index (χ1) is 15.2. The van der Waals surface area contributed by atoms with Gasteiger partial charge >= 0.3 is 0 Å². The normalized spacial score (nSPS) is 13.5. The van der Waals surface area contributed by atoms with Crippen molar-refractivity contribution in [3.63, 3.8) is 0 Å². The van der Waals surface area contributed by atoms with Gasteiger partial charge in [-0.3, -0.25) is 0 Å². The highest BCUT2D eigenvalue weighted by Crippen LogP contribution is 2.16. The van der Waals surface area contributed by atoms with Crippen LogP contribution in [0, 0.1) is 0 Å². The molecule has 0 aromatic heterocycles. The Morgan fingerprint density at radius 2 is 0.613 bits per heavy atom. The van der Waals surface area contributed by atoms with Crippen LogP contribution in [0.25, 0.3) is 0 Å². The Hall–Kier alpha value is -0.0800. The van der Waals surface area contributed by atoms with Crippen LogP contribution in [-0.2, 0) is 0 Å². The van der Waals surface area contributed by atoms with Crippen molar-refractivity contribution >= 4 is 0 Å². The van der Waals surface area contributed by atoms with Gasteiger partial charge in [0.2, 0.25) is 0 Å². The summed E-state index contributed by atoms with van der Waals surface area (Å²) in [5.41, 5.74) is 0. The van der Waals surface area contributed by atoms with Crippen molar-refractivity contribution in [2.24, 2.45) is 0 Å². The number of aliphatic hydroxyl groups is 2. The molecule has 0 bridgehead atoms. The molecule has 2 heteroatoms. The third kappa shape index (κ3) is 26.1. The van der Waals surface area contributed by atoms with Crippen LogP contribution in [0.3, 0.4) is 0 Å². The lowest BCUT2D eigenvalue weighted by Crippen LogP contribution is -2.06. The summed E-state index contributed by atoms with van der Waals surface area (Å²) >= 11 is 0. The first-order valence-electron chi connectivity index (χ1n) is 14.6. The van der Waals surface area contributed by atoms with Crippen LogP contribution in [0.1, 0.15) is 174 Å². The molecule has 2 unspecified atom stereocenters. The van der Waals surface area contributed by atoms with Gasteiger partial charge in [-0.15, -0.1) is 0 Å². The second-order valence-electron chi connectivity index (χ2n) is 10.2. The largest absolute Gasteiger partial charge is 0.393 e. The Kier molecular flexibility index (Phi) is 26.1. The summed E-state index contributed by atoms with van der Waals surface area (Å²) in [6.45, 7) is 4.33. The second-order valence-corrected chi connectivity index (χ2v) is 10.2. The molecule has 0 aromatic carbocycles. The van der Waals surface area contributed by atoms with Crippen LogP contribution >= 0.6 is 0 Å². The fourth-order valence-corrected chi connectivity index (χ4v) is 4.57. The molecule has 0 rings (SSSR count). The molecule has 0 aromatic rings. The molecule has 0 spiro atoms. The smallest absolute Gasteiger partial charge is 0.0540 e. The van der Waals surface area contributed by atoms with Crippen molar-refractivity contribution in [3.05, 3.63) is 0 Å². The minimum atomic E-state index is -0.106. The predicted molar refractivity (Wildman–Crippen MR) is 139 cm³/mol. The molecule has 0 heterocycles. The van der Waals surface area contributed by atoms with Gasteiger partial charge in [-0.25, -0.2) is 0 Å². The maximum atomic E-state index is 10.1. The van der Waals surface area contributed by atoms with E-state index < -0.39 is 0 Å². The van der Waals surface area contributed by atoms with E-state index in [0.717, 1.165) is 38.5 Å². The molecule has 0 radical (unpaired) electrons. The van der Waals surface area contributed by atoms with Crippen LogP contribution in [0.4, 0.5) is 0 Å². The number of aliphatic hydroxyl groups excluding tert-OH is 2. The van der Waals surface area contributed by atoms with Gasteiger partial charge in [0.25, 0.3) is 0 Å². The van der Waals surface area contributed by atoms with E-state index in [1.807, 2.05) is 6.92 Å². The number of hydrogen-bond acceptors (Lipinski definition) is 2. The molecule has 31 heavy (non-hydrogen) atoms. The first kappa shape index (κ1) is 30.9. The lowest BCUT2D eigenvalue weighted by atomic mass is 10.0. The van der Waals surface area contributed by atoms with Crippen molar-refractivity contribution in [3.8, 4) is 0 Å². The van der Waals surface area contributed by atoms with Gasteiger partial charge < -0.3 is 10.2 Å². The zero-order valence-electron chi connectivity index (χ0n) is 21.7. The Bertz CT molecular complexity index is 318. The first-order valence-corrected chi connectivity index (χ1v) is 14.6. The number of unbranched alkanes of at least 4 members (excludes halogenated alkanes) is 19. The van der Waals surface area contributed by atoms with Gasteiger partial charge in [0.1, 0.15) is 0 Å². The van der Waals surface area contributed by atoms with E-state index in [-0.39, 0.29) is 12.2 Å². The Balaban J connectivity index is 3.14. The Labute approximate surface area is 197 Å². The van der Waals surface area contributed by atoms with E-state index in [9.17, 15) is 10.2 Å². The highest BCUT2D eigenvalue weighted by Gasteiger charge is 2.04.